The molecular formula is C12H18N2O. The first-order valence-electron chi connectivity index (χ1n) is 5.23. The fourth-order valence-electron chi connectivity index (χ4n) is 1.50. The van der Waals surface area contributed by atoms with Crippen LogP contribution in [0.1, 0.15) is 27.2 Å². The van der Waals surface area contributed by atoms with Crippen LogP contribution in [0, 0.1) is 0 Å². The van der Waals surface area contributed by atoms with Gasteiger partial charge in [-0.25, -0.2) is 0 Å². The molecule has 0 radical (unpaired) electrons. The Morgan fingerprint density at radius 3 is 2.67 bits per heavy atom. The zero-order valence-electron chi connectivity index (χ0n) is 9.50. The number of allylic oxidation sites excluding steroid dienone is 4. The number of nitrogens with one attached hydrogen (secondary N) is 2. The first kappa shape index (κ1) is 11.6. The molecule has 2 N–H and O–H groups in total. The molecular weight excluding hydrogens is 188 g/mol. The second kappa shape index (κ2) is 5.39. The first-order chi connectivity index (χ1) is 7.17. The molecule has 82 valence electrons. The Bertz CT molecular complexity index is 327. The van der Waals surface area contributed by atoms with Gasteiger partial charge in [-0.15, -0.1) is 0 Å². The number of carbonyl (C=O) groups is 1. The predicted molar refractivity (Wildman–Crippen MR) is 62.0 cm³/mol. The summed E-state index contributed by atoms with van der Waals surface area (Å²) in [5.74, 6) is 0.0620. The fraction of sp³-hybridized carbons (Fsp3) is 0.417. The van der Waals surface area contributed by atoms with Crippen LogP contribution in [0.5, 0.6) is 0 Å². The maximum Gasteiger partial charge on any atom is 0.226 e. The van der Waals surface area contributed by atoms with Gasteiger partial charge < -0.3 is 10.6 Å². The molecule has 1 rings (SSSR count). The molecule has 3 heteroatoms. The summed E-state index contributed by atoms with van der Waals surface area (Å²) in [5, 5.41) is 6.18. The van der Waals surface area contributed by atoms with Gasteiger partial charge in [0.2, 0.25) is 5.91 Å². The molecule has 1 atom stereocenters. The van der Waals surface area contributed by atoms with Gasteiger partial charge in [0.1, 0.15) is 0 Å². The second-order valence-electron chi connectivity index (χ2n) is 3.61. The third kappa shape index (κ3) is 3.27. The molecule has 1 aliphatic heterocycles. The van der Waals surface area contributed by atoms with E-state index in [2.05, 4.69) is 10.6 Å². The first-order valence-corrected chi connectivity index (χ1v) is 5.23. The van der Waals surface area contributed by atoms with Crippen molar-refractivity contribution >= 4 is 5.91 Å². The van der Waals surface area contributed by atoms with Gasteiger partial charge in [0.05, 0.1) is 11.4 Å². The molecule has 1 heterocycles. The van der Waals surface area contributed by atoms with Crippen molar-refractivity contribution in [2.75, 3.05) is 0 Å². The van der Waals surface area contributed by atoms with Gasteiger partial charge in [-0.05, 0) is 26.8 Å². The van der Waals surface area contributed by atoms with Gasteiger partial charge >= 0.3 is 0 Å². The highest BCUT2D eigenvalue weighted by atomic mass is 16.1. The van der Waals surface area contributed by atoms with Crippen LogP contribution in [-0.2, 0) is 4.79 Å². The molecule has 1 unspecified atom stereocenters. The Morgan fingerprint density at radius 2 is 2.07 bits per heavy atom. The summed E-state index contributed by atoms with van der Waals surface area (Å²) in [4.78, 5) is 11.4. The summed E-state index contributed by atoms with van der Waals surface area (Å²) in [5.41, 5.74) is 1.82. The molecule has 0 spiro atoms. The summed E-state index contributed by atoms with van der Waals surface area (Å²) in [6.45, 7) is 5.88. The van der Waals surface area contributed by atoms with Gasteiger partial charge in [-0.3, -0.25) is 4.79 Å². The van der Waals surface area contributed by atoms with Crippen LogP contribution in [0.15, 0.2) is 35.7 Å². The van der Waals surface area contributed by atoms with Crippen molar-refractivity contribution in [1.82, 2.24) is 10.6 Å². The van der Waals surface area contributed by atoms with E-state index in [1.807, 2.05) is 45.1 Å². The molecule has 1 fully saturated rings. The van der Waals surface area contributed by atoms with E-state index in [0.717, 1.165) is 11.4 Å². The highest BCUT2D eigenvalue weighted by Gasteiger charge is 2.18. The van der Waals surface area contributed by atoms with Crippen molar-refractivity contribution in [3.63, 3.8) is 0 Å². The molecule has 0 bridgehead atoms. The van der Waals surface area contributed by atoms with Crippen LogP contribution >= 0.6 is 0 Å². The van der Waals surface area contributed by atoms with Crippen molar-refractivity contribution < 1.29 is 4.79 Å². The topological polar surface area (TPSA) is 41.1 Å². The fourth-order valence-corrected chi connectivity index (χ4v) is 1.50. The molecule has 1 amide bonds. The van der Waals surface area contributed by atoms with Gasteiger partial charge in [0, 0.05) is 12.5 Å². The Labute approximate surface area is 90.9 Å². The quantitative estimate of drug-likeness (QED) is 0.687. The van der Waals surface area contributed by atoms with E-state index >= 15 is 0 Å². The van der Waals surface area contributed by atoms with E-state index < -0.39 is 0 Å². The smallest absolute Gasteiger partial charge is 0.226 e. The minimum Gasteiger partial charge on any atom is -0.380 e. The van der Waals surface area contributed by atoms with E-state index in [9.17, 15) is 4.79 Å². The summed E-state index contributed by atoms with van der Waals surface area (Å²) < 4.78 is 0. The van der Waals surface area contributed by atoms with Crippen molar-refractivity contribution in [1.29, 1.82) is 0 Å². The lowest BCUT2D eigenvalue weighted by Gasteiger charge is -2.12. The predicted octanol–water partition coefficient (Wildman–Crippen LogP) is 1.85. The van der Waals surface area contributed by atoms with Gasteiger partial charge in [0.15, 0.2) is 0 Å². The molecule has 15 heavy (non-hydrogen) atoms. The van der Waals surface area contributed by atoms with E-state index in [4.69, 9.17) is 0 Å². The molecule has 0 aromatic carbocycles. The summed E-state index contributed by atoms with van der Waals surface area (Å²) in [6.07, 6.45) is 8.29. The van der Waals surface area contributed by atoms with Crippen LogP contribution < -0.4 is 10.6 Å². The highest BCUT2D eigenvalue weighted by Crippen LogP contribution is 2.11. The zero-order chi connectivity index (χ0) is 11.3. The van der Waals surface area contributed by atoms with Crippen molar-refractivity contribution in [3.05, 3.63) is 35.7 Å². The number of hydrogen-bond acceptors (Lipinski definition) is 2. The SMILES string of the molecule is C\C=C/C=C1/NC(C)CC(=O)N/C1=C/C. The Kier molecular flexibility index (Phi) is 4.16. The summed E-state index contributed by atoms with van der Waals surface area (Å²) in [6, 6.07) is 0.166. The number of rotatable bonds is 1. The molecule has 1 aliphatic rings. The van der Waals surface area contributed by atoms with Crippen LogP contribution in [0.4, 0.5) is 0 Å². The standard InChI is InChI=1S/C12H18N2O/c1-4-6-7-11-10(5-2)14-12(15)8-9(3)13-11/h4-7,9,13H,8H2,1-3H3,(H,14,15)/b6-4-,10-5+,11-7+. The minimum absolute atomic E-state index is 0.0620. The summed E-state index contributed by atoms with van der Waals surface area (Å²) in [7, 11) is 0. The van der Waals surface area contributed by atoms with Gasteiger partial charge in [0.25, 0.3) is 0 Å². The molecule has 3 nitrogen and oxygen atoms in total. The average molecular weight is 206 g/mol. The Balaban J connectivity index is 2.95. The molecule has 0 aromatic rings. The Hall–Kier alpha value is -1.51. The molecule has 1 saturated heterocycles. The monoisotopic (exact) mass is 206 g/mol. The molecule has 0 aliphatic carbocycles. The second-order valence-corrected chi connectivity index (χ2v) is 3.61. The van der Waals surface area contributed by atoms with Crippen LogP contribution in [0.2, 0.25) is 0 Å². The van der Waals surface area contributed by atoms with Crippen molar-refractivity contribution in [2.24, 2.45) is 0 Å². The number of amides is 1. The largest absolute Gasteiger partial charge is 0.380 e. The van der Waals surface area contributed by atoms with Gasteiger partial charge in [-0.2, -0.15) is 0 Å². The van der Waals surface area contributed by atoms with Crippen molar-refractivity contribution in [3.8, 4) is 0 Å². The third-order valence-corrected chi connectivity index (χ3v) is 2.20. The van der Waals surface area contributed by atoms with Crippen molar-refractivity contribution in [2.45, 2.75) is 33.2 Å². The molecule has 0 aromatic heterocycles. The number of hydrogen-bond donors (Lipinski definition) is 2. The van der Waals surface area contributed by atoms with Crippen LogP contribution in [0.25, 0.3) is 0 Å². The van der Waals surface area contributed by atoms with Crippen LogP contribution in [0.3, 0.4) is 0 Å². The number of carbonyl (C=O) groups excluding carboxylic acids is 1. The summed E-state index contributed by atoms with van der Waals surface area (Å²) >= 11 is 0. The maximum absolute atomic E-state index is 11.4. The lowest BCUT2D eigenvalue weighted by Crippen LogP contribution is -2.24. The lowest BCUT2D eigenvalue weighted by atomic mass is 10.2. The van der Waals surface area contributed by atoms with E-state index in [0.29, 0.717) is 6.42 Å². The highest BCUT2D eigenvalue weighted by molar-refractivity contribution is 5.80. The minimum atomic E-state index is 0.0620. The van der Waals surface area contributed by atoms with E-state index in [1.54, 1.807) is 0 Å². The lowest BCUT2D eigenvalue weighted by molar-refractivity contribution is -0.120. The Morgan fingerprint density at radius 1 is 1.33 bits per heavy atom. The maximum atomic E-state index is 11.4. The third-order valence-electron chi connectivity index (χ3n) is 2.20. The van der Waals surface area contributed by atoms with Gasteiger partial charge in [-0.1, -0.05) is 18.2 Å². The average Bonchev–Trinajstić information content (AvgIpc) is 2.33. The van der Waals surface area contributed by atoms with E-state index in [1.165, 1.54) is 0 Å². The molecule has 0 saturated carbocycles. The van der Waals surface area contributed by atoms with E-state index in [-0.39, 0.29) is 11.9 Å². The zero-order valence-corrected chi connectivity index (χ0v) is 9.50. The van der Waals surface area contributed by atoms with Crippen LogP contribution in [-0.4, -0.2) is 11.9 Å². The normalized spacial score (nSPS) is 27.9.